The van der Waals surface area contributed by atoms with Crippen LogP contribution in [-0.2, 0) is 6.18 Å². The molecule has 22 heavy (non-hydrogen) atoms. The molecule has 1 fully saturated rings. The molecule has 0 spiro atoms. The van der Waals surface area contributed by atoms with E-state index < -0.39 is 12.0 Å². The number of hydrogen-bond acceptors (Lipinski definition) is 3. The summed E-state index contributed by atoms with van der Waals surface area (Å²) >= 11 is 0. The predicted octanol–water partition coefficient (Wildman–Crippen LogP) is 3.39. The first-order valence-corrected chi connectivity index (χ1v) is 7.27. The second-order valence-electron chi connectivity index (χ2n) is 6.75. The summed E-state index contributed by atoms with van der Waals surface area (Å²) in [5.74, 6) is -1.15. The molecule has 0 bridgehead atoms. The van der Waals surface area contributed by atoms with Gasteiger partial charge in [-0.05, 0) is 24.2 Å². The maximum Gasteiger partial charge on any atom is 0.451 e. The molecule has 1 saturated heterocycles. The molecule has 2 heterocycles. The summed E-state index contributed by atoms with van der Waals surface area (Å²) in [4.78, 5) is 20.6. The molecule has 7 heteroatoms. The van der Waals surface area contributed by atoms with E-state index in [2.05, 4.69) is 30.7 Å². The standard InChI is InChI=1S/C15H20F3N3O/c1-14(2,3)11-5-4-6-21(9-11)12(22)10-7-19-13(20-8-10)15(16,17)18/h7-8,11H,4-6,9H2,1-3H3/t11-/m1/s1. The highest BCUT2D eigenvalue weighted by atomic mass is 19.4. The molecule has 0 N–H and O–H groups in total. The SMILES string of the molecule is CC(C)(C)[C@@H]1CCCN(C(=O)c2cnc(C(F)(F)F)nc2)C1. The lowest BCUT2D eigenvalue weighted by Crippen LogP contribution is -2.43. The number of hydrogen-bond donors (Lipinski definition) is 0. The lowest BCUT2D eigenvalue weighted by molar-refractivity contribution is -0.145. The lowest BCUT2D eigenvalue weighted by Gasteiger charge is -2.39. The molecule has 1 aromatic rings. The van der Waals surface area contributed by atoms with Gasteiger partial charge in [0.15, 0.2) is 0 Å². The van der Waals surface area contributed by atoms with Crippen LogP contribution in [0.5, 0.6) is 0 Å². The van der Waals surface area contributed by atoms with Gasteiger partial charge >= 0.3 is 6.18 Å². The Morgan fingerprint density at radius 1 is 1.23 bits per heavy atom. The third-order valence-corrected chi connectivity index (χ3v) is 4.09. The van der Waals surface area contributed by atoms with Crippen molar-refractivity contribution in [3.63, 3.8) is 0 Å². The quantitative estimate of drug-likeness (QED) is 0.798. The molecule has 1 atom stereocenters. The molecule has 1 aliphatic rings. The summed E-state index contributed by atoms with van der Waals surface area (Å²) < 4.78 is 37.3. The van der Waals surface area contributed by atoms with E-state index in [0.717, 1.165) is 25.2 Å². The maximum absolute atomic E-state index is 12.4. The Kier molecular flexibility index (Phi) is 4.44. The largest absolute Gasteiger partial charge is 0.451 e. The van der Waals surface area contributed by atoms with E-state index in [1.807, 2.05) is 0 Å². The van der Waals surface area contributed by atoms with Crippen molar-refractivity contribution >= 4 is 5.91 Å². The van der Waals surface area contributed by atoms with Gasteiger partial charge in [-0.25, -0.2) is 9.97 Å². The van der Waals surface area contributed by atoms with Gasteiger partial charge in [0.25, 0.3) is 5.91 Å². The number of carbonyl (C=O) groups is 1. The smallest absolute Gasteiger partial charge is 0.338 e. The fourth-order valence-corrected chi connectivity index (χ4v) is 2.64. The van der Waals surface area contributed by atoms with E-state index >= 15 is 0 Å². The monoisotopic (exact) mass is 315 g/mol. The zero-order valence-electron chi connectivity index (χ0n) is 12.9. The number of piperidine rings is 1. The Labute approximate surface area is 127 Å². The fraction of sp³-hybridized carbons (Fsp3) is 0.667. The van der Waals surface area contributed by atoms with Crippen molar-refractivity contribution < 1.29 is 18.0 Å². The van der Waals surface area contributed by atoms with Gasteiger partial charge in [0.2, 0.25) is 5.82 Å². The molecule has 0 unspecified atom stereocenters. The first-order valence-electron chi connectivity index (χ1n) is 7.27. The summed E-state index contributed by atoms with van der Waals surface area (Å²) in [6.07, 6.45) is -0.728. The van der Waals surface area contributed by atoms with Gasteiger partial charge in [0, 0.05) is 25.5 Å². The Morgan fingerprint density at radius 3 is 2.32 bits per heavy atom. The number of nitrogens with zero attached hydrogens (tertiary/aromatic N) is 3. The summed E-state index contributed by atoms with van der Waals surface area (Å²) in [5.41, 5.74) is 0.192. The minimum Gasteiger partial charge on any atom is -0.338 e. The minimum atomic E-state index is -4.59. The van der Waals surface area contributed by atoms with Crippen LogP contribution in [0.2, 0.25) is 0 Å². The third kappa shape index (κ3) is 3.75. The minimum absolute atomic E-state index is 0.0928. The number of aromatic nitrogens is 2. The third-order valence-electron chi connectivity index (χ3n) is 4.09. The van der Waals surface area contributed by atoms with Crippen LogP contribution >= 0.6 is 0 Å². The molecule has 1 aliphatic heterocycles. The van der Waals surface area contributed by atoms with Crippen LogP contribution in [0.3, 0.4) is 0 Å². The molecular weight excluding hydrogens is 295 g/mol. The number of alkyl halides is 3. The molecule has 4 nitrogen and oxygen atoms in total. The van der Waals surface area contributed by atoms with Crippen molar-refractivity contribution in [3.8, 4) is 0 Å². The van der Waals surface area contributed by atoms with E-state index in [1.54, 1.807) is 4.90 Å². The lowest BCUT2D eigenvalue weighted by atomic mass is 9.76. The molecule has 0 radical (unpaired) electrons. The van der Waals surface area contributed by atoms with Crippen LogP contribution in [0.1, 0.15) is 49.8 Å². The van der Waals surface area contributed by atoms with Crippen molar-refractivity contribution in [1.82, 2.24) is 14.9 Å². The number of halogens is 3. The Morgan fingerprint density at radius 2 is 1.82 bits per heavy atom. The van der Waals surface area contributed by atoms with Gasteiger partial charge in [-0.3, -0.25) is 4.79 Å². The predicted molar refractivity (Wildman–Crippen MR) is 75.1 cm³/mol. The molecule has 1 aromatic heterocycles. The average Bonchev–Trinajstić information content (AvgIpc) is 2.45. The molecule has 0 aromatic carbocycles. The second-order valence-corrected chi connectivity index (χ2v) is 6.75. The van der Waals surface area contributed by atoms with Crippen molar-refractivity contribution in [2.45, 2.75) is 39.8 Å². The first kappa shape index (κ1) is 16.7. The van der Waals surface area contributed by atoms with Crippen molar-refractivity contribution in [3.05, 3.63) is 23.8 Å². The maximum atomic E-state index is 12.4. The van der Waals surface area contributed by atoms with Gasteiger partial charge < -0.3 is 4.90 Å². The Balaban J connectivity index is 2.11. The van der Waals surface area contributed by atoms with Crippen LogP contribution in [-0.4, -0.2) is 33.9 Å². The fourth-order valence-electron chi connectivity index (χ4n) is 2.64. The summed E-state index contributed by atoms with van der Waals surface area (Å²) in [7, 11) is 0. The Hall–Kier alpha value is -1.66. The van der Waals surface area contributed by atoms with E-state index in [-0.39, 0.29) is 16.9 Å². The van der Waals surface area contributed by atoms with Gasteiger partial charge in [-0.2, -0.15) is 13.2 Å². The summed E-state index contributed by atoms with van der Waals surface area (Å²) in [6.45, 7) is 7.63. The van der Waals surface area contributed by atoms with Gasteiger partial charge in [0.1, 0.15) is 0 Å². The molecule has 0 aliphatic carbocycles. The zero-order chi connectivity index (χ0) is 16.5. The zero-order valence-corrected chi connectivity index (χ0v) is 12.9. The second kappa shape index (κ2) is 5.85. The van der Waals surface area contributed by atoms with E-state index in [4.69, 9.17) is 0 Å². The van der Waals surface area contributed by atoms with Crippen molar-refractivity contribution in [1.29, 1.82) is 0 Å². The topological polar surface area (TPSA) is 46.1 Å². The van der Waals surface area contributed by atoms with Crippen LogP contribution in [0, 0.1) is 11.3 Å². The summed E-state index contributed by atoms with van der Waals surface area (Å²) in [5, 5.41) is 0. The number of rotatable bonds is 1. The van der Waals surface area contributed by atoms with E-state index in [1.165, 1.54) is 0 Å². The van der Waals surface area contributed by atoms with Crippen molar-refractivity contribution in [2.75, 3.05) is 13.1 Å². The van der Waals surface area contributed by atoms with Gasteiger partial charge in [-0.1, -0.05) is 20.8 Å². The number of carbonyl (C=O) groups excluding carboxylic acids is 1. The normalized spacial score (nSPS) is 20.1. The van der Waals surface area contributed by atoms with Crippen LogP contribution < -0.4 is 0 Å². The molecule has 1 amide bonds. The Bertz CT molecular complexity index is 534. The highest BCUT2D eigenvalue weighted by Crippen LogP contribution is 2.33. The van der Waals surface area contributed by atoms with Crippen LogP contribution in [0.25, 0.3) is 0 Å². The van der Waals surface area contributed by atoms with Crippen LogP contribution in [0.15, 0.2) is 12.4 Å². The molecule has 122 valence electrons. The van der Waals surface area contributed by atoms with E-state index in [0.29, 0.717) is 19.0 Å². The highest BCUT2D eigenvalue weighted by molar-refractivity contribution is 5.93. The molecule has 2 rings (SSSR count). The summed E-state index contributed by atoms with van der Waals surface area (Å²) in [6, 6.07) is 0. The average molecular weight is 315 g/mol. The van der Waals surface area contributed by atoms with E-state index in [9.17, 15) is 18.0 Å². The first-order chi connectivity index (χ1) is 10.1. The highest BCUT2D eigenvalue weighted by Gasteiger charge is 2.35. The van der Waals surface area contributed by atoms with Crippen LogP contribution in [0.4, 0.5) is 13.2 Å². The number of likely N-dealkylation sites (tertiary alicyclic amines) is 1. The van der Waals surface area contributed by atoms with Gasteiger partial charge in [-0.15, -0.1) is 0 Å². The molecular formula is C15H20F3N3O. The molecule has 0 saturated carbocycles. The van der Waals surface area contributed by atoms with Crippen molar-refractivity contribution in [2.24, 2.45) is 11.3 Å². The number of amides is 1. The van der Waals surface area contributed by atoms with Gasteiger partial charge in [0.05, 0.1) is 5.56 Å².